The monoisotopic (exact) mass is 291 g/mol. The van der Waals surface area contributed by atoms with Crippen molar-refractivity contribution in [2.45, 2.75) is 39.2 Å². The second-order valence-electron chi connectivity index (χ2n) is 5.57. The zero-order valence-corrected chi connectivity index (χ0v) is 12.3. The van der Waals surface area contributed by atoms with Gasteiger partial charge in [0.15, 0.2) is 5.82 Å². The maximum absolute atomic E-state index is 6.26. The fraction of sp³-hybridized carbons (Fsp3) is 0.500. The first-order valence-electron chi connectivity index (χ1n) is 6.96. The zero-order chi connectivity index (χ0) is 14.2. The Hall–Kier alpha value is -1.62. The summed E-state index contributed by atoms with van der Waals surface area (Å²) in [4.78, 5) is 0. The quantitative estimate of drug-likeness (QED) is 0.879. The molecule has 0 bridgehead atoms. The number of rotatable bonds is 4. The summed E-state index contributed by atoms with van der Waals surface area (Å²) in [6.45, 7) is 3.06. The smallest absolute Gasteiger partial charge is 0.185 e. The van der Waals surface area contributed by atoms with Crippen molar-refractivity contribution < 1.29 is 0 Å². The van der Waals surface area contributed by atoms with Crippen LogP contribution < -0.4 is 5.73 Å². The summed E-state index contributed by atoms with van der Waals surface area (Å²) in [5.74, 6) is 0.660. The summed E-state index contributed by atoms with van der Waals surface area (Å²) >= 11 is 6.26. The zero-order valence-electron chi connectivity index (χ0n) is 11.5. The number of anilines is 1. The van der Waals surface area contributed by atoms with Crippen molar-refractivity contribution >= 4 is 17.3 Å². The van der Waals surface area contributed by atoms with E-state index in [0.29, 0.717) is 21.9 Å². The molecule has 20 heavy (non-hydrogen) atoms. The number of hydrogen-bond acceptors (Lipinski definition) is 4. The summed E-state index contributed by atoms with van der Waals surface area (Å²) < 4.78 is 1.85. The lowest BCUT2D eigenvalue weighted by atomic mass is 9.67. The van der Waals surface area contributed by atoms with E-state index >= 15 is 0 Å². The Morgan fingerprint density at radius 1 is 1.40 bits per heavy atom. The summed E-state index contributed by atoms with van der Waals surface area (Å²) in [6.07, 6.45) is 4.91. The molecule has 0 unspecified atom stereocenters. The van der Waals surface area contributed by atoms with Crippen molar-refractivity contribution in [2.75, 3.05) is 5.73 Å². The Labute approximate surface area is 123 Å². The molecule has 3 rings (SSSR count). The van der Waals surface area contributed by atoms with Crippen molar-refractivity contribution in [3.05, 3.63) is 23.2 Å². The SMILES string of the molecule is CCC1(Cn2nnnc2-c2c(N)cccc2Cl)CCC1. The lowest BCUT2D eigenvalue weighted by Crippen LogP contribution is -2.34. The Morgan fingerprint density at radius 2 is 2.20 bits per heavy atom. The van der Waals surface area contributed by atoms with E-state index in [1.807, 2.05) is 22.9 Å². The third-order valence-electron chi connectivity index (χ3n) is 4.45. The van der Waals surface area contributed by atoms with Crippen LogP contribution in [0.3, 0.4) is 0 Å². The van der Waals surface area contributed by atoms with Gasteiger partial charge in [0.05, 0.1) is 17.1 Å². The van der Waals surface area contributed by atoms with Gasteiger partial charge >= 0.3 is 0 Å². The van der Waals surface area contributed by atoms with Gasteiger partial charge in [-0.05, 0) is 47.2 Å². The lowest BCUT2D eigenvalue weighted by Gasteiger charge is -2.41. The molecule has 0 saturated heterocycles. The van der Waals surface area contributed by atoms with Crippen molar-refractivity contribution in [1.29, 1.82) is 0 Å². The van der Waals surface area contributed by atoms with Gasteiger partial charge in [0.25, 0.3) is 0 Å². The van der Waals surface area contributed by atoms with Crippen molar-refractivity contribution in [2.24, 2.45) is 5.41 Å². The van der Waals surface area contributed by atoms with Crippen LogP contribution in [0.4, 0.5) is 5.69 Å². The molecule has 1 aromatic carbocycles. The predicted octanol–water partition coefficient (Wildman–Crippen LogP) is 3.16. The largest absolute Gasteiger partial charge is 0.398 e. The van der Waals surface area contributed by atoms with Gasteiger partial charge < -0.3 is 5.73 Å². The van der Waals surface area contributed by atoms with Gasteiger partial charge in [0.2, 0.25) is 0 Å². The molecule has 2 aromatic rings. The van der Waals surface area contributed by atoms with E-state index in [1.165, 1.54) is 19.3 Å². The highest BCUT2D eigenvalue weighted by Gasteiger charge is 2.36. The molecule has 2 N–H and O–H groups in total. The van der Waals surface area contributed by atoms with Gasteiger partial charge in [-0.15, -0.1) is 5.10 Å². The van der Waals surface area contributed by atoms with Crippen LogP contribution in [0.2, 0.25) is 5.02 Å². The van der Waals surface area contributed by atoms with Gasteiger partial charge in [-0.3, -0.25) is 0 Å². The number of halogens is 1. The molecule has 0 radical (unpaired) electrons. The summed E-state index contributed by atoms with van der Waals surface area (Å²) in [7, 11) is 0. The maximum atomic E-state index is 6.26. The lowest BCUT2D eigenvalue weighted by molar-refractivity contribution is 0.0948. The van der Waals surface area contributed by atoms with E-state index < -0.39 is 0 Å². The second-order valence-corrected chi connectivity index (χ2v) is 5.98. The Morgan fingerprint density at radius 3 is 2.80 bits per heavy atom. The normalized spacial score (nSPS) is 16.9. The molecule has 5 nitrogen and oxygen atoms in total. The number of hydrogen-bond donors (Lipinski definition) is 1. The van der Waals surface area contributed by atoms with Crippen LogP contribution in [-0.4, -0.2) is 20.2 Å². The number of nitrogen functional groups attached to an aromatic ring is 1. The number of aromatic nitrogens is 4. The summed E-state index contributed by atoms with van der Waals surface area (Å²) in [5, 5.41) is 12.6. The molecule has 0 aliphatic heterocycles. The minimum atomic E-state index is 0.333. The molecule has 1 heterocycles. The highest BCUT2D eigenvalue weighted by molar-refractivity contribution is 6.33. The Kier molecular flexibility index (Phi) is 3.38. The second kappa shape index (κ2) is 5.05. The molecule has 0 spiro atoms. The van der Waals surface area contributed by atoms with Crippen LogP contribution in [0.5, 0.6) is 0 Å². The Balaban J connectivity index is 1.98. The number of benzene rings is 1. The fourth-order valence-electron chi connectivity index (χ4n) is 2.88. The third kappa shape index (κ3) is 2.16. The van der Waals surface area contributed by atoms with Crippen LogP contribution >= 0.6 is 11.6 Å². The molecule has 1 aromatic heterocycles. The fourth-order valence-corrected chi connectivity index (χ4v) is 3.15. The average Bonchev–Trinajstić information content (AvgIpc) is 2.82. The van der Waals surface area contributed by atoms with E-state index in [1.54, 1.807) is 0 Å². The highest BCUT2D eigenvalue weighted by atomic mass is 35.5. The van der Waals surface area contributed by atoms with Crippen molar-refractivity contribution in [3.63, 3.8) is 0 Å². The predicted molar refractivity (Wildman–Crippen MR) is 79.3 cm³/mol. The van der Waals surface area contributed by atoms with Crippen LogP contribution in [-0.2, 0) is 6.54 Å². The van der Waals surface area contributed by atoms with E-state index in [9.17, 15) is 0 Å². The average molecular weight is 292 g/mol. The van der Waals surface area contributed by atoms with E-state index in [0.717, 1.165) is 18.5 Å². The number of nitrogens with zero attached hydrogens (tertiary/aromatic N) is 4. The summed E-state index contributed by atoms with van der Waals surface area (Å²) in [5.41, 5.74) is 7.70. The Bertz CT molecular complexity index is 592. The van der Waals surface area contributed by atoms with Crippen LogP contribution in [0, 0.1) is 5.41 Å². The molecule has 0 amide bonds. The molecule has 1 saturated carbocycles. The summed E-state index contributed by atoms with van der Waals surface area (Å²) in [6, 6.07) is 5.46. The molecule has 1 aliphatic rings. The molecular weight excluding hydrogens is 274 g/mol. The van der Waals surface area contributed by atoms with Gasteiger partial charge in [-0.1, -0.05) is 31.0 Å². The van der Waals surface area contributed by atoms with Gasteiger partial charge in [0.1, 0.15) is 0 Å². The highest BCUT2D eigenvalue weighted by Crippen LogP contribution is 2.45. The third-order valence-corrected chi connectivity index (χ3v) is 4.77. The van der Waals surface area contributed by atoms with Crippen molar-refractivity contribution in [3.8, 4) is 11.4 Å². The molecule has 1 fully saturated rings. The molecular formula is C14H18ClN5. The van der Waals surface area contributed by atoms with E-state index in [-0.39, 0.29) is 0 Å². The first kappa shape index (κ1) is 13.4. The van der Waals surface area contributed by atoms with Crippen LogP contribution in [0.25, 0.3) is 11.4 Å². The van der Waals surface area contributed by atoms with Gasteiger partial charge in [-0.25, -0.2) is 4.68 Å². The van der Waals surface area contributed by atoms with E-state index in [2.05, 4.69) is 22.4 Å². The first-order valence-corrected chi connectivity index (χ1v) is 7.33. The molecule has 106 valence electrons. The molecule has 0 atom stereocenters. The van der Waals surface area contributed by atoms with Gasteiger partial charge in [0, 0.05) is 5.69 Å². The van der Waals surface area contributed by atoms with Gasteiger partial charge in [-0.2, -0.15) is 0 Å². The van der Waals surface area contributed by atoms with Crippen molar-refractivity contribution in [1.82, 2.24) is 20.2 Å². The standard InChI is InChI=1S/C14H18ClN5/c1-2-14(7-4-8-14)9-20-13(17-18-19-20)12-10(15)5-3-6-11(12)16/h3,5-6H,2,4,7-9,16H2,1H3. The topological polar surface area (TPSA) is 69.6 Å². The van der Waals surface area contributed by atoms with Crippen LogP contribution in [0.15, 0.2) is 18.2 Å². The minimum Gasteiger partial charge on any atom is -0.398 e. The number of nitrogens with two attached hydrogens (primary N) is 1. The minimum absolute atomic E-state index is 0.333. The molecule has 6 heteroatoms. The number of tetrazole rings is 1. The first-order chi connectivity index (χ1) is 9.65. The van der Waals surface area contributed by atoms with Crippen LogP contribution in [0.1, 0.15) is 32.6 Å². The maximum Gasteiger partial charge on any atom is 0.185 e. The van der Waals surface area contributed by atoms with E-state index in [4.69, 9.17) is 17.3 Å². The molecule has 1 aliphatic carbocycles.